The number of carbonyl (C=O) groups excluding carboxylic acids is 1. The van der Waals surface area contributed by atoms with E-state index in [2.05, 4.69) is 23.6 Å². The maximum atomic E-state index is 12.6. The molecule has 4 heteroatoms. The highest BCUT2D eigenvalue weighted by Crippen LogP contribution is 2.28. The van der Waals surface area contributed by atoms with Crippen molar-refractivity contribution in [2.45, 2.75) is 71.1 Å². The molecule has 0 spiro atoms. The van der Waals surface area contributed by atoms with Crippen LogP contribution in [0.1, 0.15) is 52.9 Å². The van der Waals surface area contributed by atoms with Gasteiger partial charge in [-0.25, -0.2) is 0 Å². The molecule has 0 bridgehead atoms. The van der Waals surface area contributed by atoms with Crippen molar-refractivity contribution in [3.05, 3.63) is 0 Å². The Hall–Kier alpha value is -0.610. The molecule has 0 aromatic carbocycles. The molecule has 0 aromatic rings. The molecule has 1 aliphatic heterocycles. The van der Waals surface area contributed by atoms with Crippen molar-refractivity contribution >= 4 is 5.91 Å². The molecule has 2 fully saturated rings. The Balaban J connectivity index is 1.88. The van der Waals surface area contributed by atoms with Crippen LogP contribution in [0.3, 0.4) is 0 Å². The van der Waals surface area contributed by atoms with Gasteiger partial charge in [0.25, 0.3) is 0 Å². The van der Waals surface area contributed by atoms with E-state index < -0.39 is 0 Å². The number of carbonyl (C=O) groups is 1. The minimum absolute atomic E-state index is 0.272. The topological polar surface area (TPSA) is 43.8 Å². The predicted octanol–water partition coefficient (Wildman–Crippen LogP) is 1.87. The van der Waals surface area contributed by atoms with Crippen molar-refractivity contribution in [1.29, 1.82) is 0 Å². The highest BCUT2D eigenvalue weighted by atomic mass is 16.3. The Morgan fingerprint density at radius 1 is 1.30 bits per heavy atom. The van der Waals surface area contributed by atoms with Crippen molar-refractivity contribution in [3.8, 4) is 0 Å². The van der Waals surface area contributed by atoms with Crippen LogP contribution >= 0.6 is 0 Å². The average Bonchev–Trinajstić information content (AvgIpc) is 3.10. The van der Waals surface area contributed by atoms with Gasteiger partial charge in [-0.05, 0) is 51.5 Å². The molecule has 0 aromatic heterocycles. The van der Waals surface area contributed by atoms with Crippen LogP contribution in [0, 0.1) is 5.92 Å². The van der Waals surface area contributed by atoms with Crippen molar-refractivity contribution < 1.29 is 9.90 Å². The molecule has 2 aliphatic rings. The van der Waals surface area contributed by atoms with E-state index in [-0.39, 0.29) is 6.10 Å². The minimum atomic E-state index is -0.272. The lowest BCUT2D eigenvalue weighted by atomic mass is 10.1. The van der Waals surface area contributed by atoms with Gasteiger partial charge in [-0.1, -0.05) is 13.8 Å². The zero-order valence-electron chi connectivity index (χ0n) is 13.2. The van der Waals surface area contributed by atoms with E-state index in [1.165, 1.54) is 12.8 Å². The van der Waals surface area contributed by atoms with Gasteiger partial charge in [0.15, 0.2) is 0 Å². The molecular formula is C16H30N2O2. The highest BCUT2D eigenvalue weighted by molar-refractivity contribution is 5.79. The molecule has 1 heterocycles. The second kappa shape index (κ2) is 6.90. The molecule has 116 valence electrons. The Morgan fingerprint density at radius 2 is 2.00 bits per heavy atom. The van der Waals surface area contributed by atoms with Gasteiger partial charge in [-0.2, -0.15) is 0 Å². The first-order valence-corrected chi connectivity index (χ1v) is 8.19. The lowest BCUT2D eigenvalue weighted by Gasteiger charge is -2.30. The monoisotopic (exact) mass is 282 g/mol. The first-order chi connectivity index (χ1) is 9.47. The smallest absolute Gasteiger partial charge is 0.237 e. The van der Waals surface area contributed by atoms with E-state index in [1.807, 2.05) is 6.92 Å². The lowest BCUT2D eigenvalue weighted by Crippen LogP contribution is -2.45. The van der Waals surface area contributed by atoms with Crippen LogP contribution in [0.15, 0.2) is 0 Å². The van der Waals surface area contributed by atoms with Crippen LogP contribution in [0.25, 0.3) is 0 Å². The molecule has 2 rings (SSSR count). The second-order valence-electron chi connectivity index (χ2n) is 7.02. The van der Waals surface area contributed by atoms with Crippen molar-refractivity contribution in [2.75, 3.05) is 19.6 Å². The van der Waals surface area contributed by atoms with Gasteiger partial charge in [-0.15, -0.1) is 0 Å². The fourth-order valence-electron chi connectivity index (χ4n) is 3.26. The van der Waals surface area contributed by atoms with Crippen LogP contribution < -0.4 is 0 Å². The first kappa shape index (κ1) is 15.8. The van der Waals surface area contributed by atoms with Crippen LogP contribution in [0.2, 0.25) is 0 Å². The summed E-state index contributed by atoms with van der Waals surface area (Å²) in [6, 6.07) is 0.891. The molecule has 1 saturated carbocycles. The molecule has 1 N–H and O–H groups in total. The number of hydrogen-bond acceptors (Lipinski definition) is 3. The standard InChI is InChI=1S/C16H30N2O2/c1-12(2)10-18(14-6-7-14)16(20)11-17-8-4-5-15(17)9-13(3)19/h12-15,19H,4-11H2,1-3H3. The van der Waals surface area contributed by atoms with E-state index in [9.17, 15) is 9.90 Å². The van der Waals surface area contributed by atoms with Gasteiger partial charge in [0.05, 0.1) is 12.6 Å². The third-order valence-corrected chi connectivity index (χ3v) is 4.32. The van der Waals surface area contributed by atoms with Crippen molar-refractivity contribution in [3.63, 3.8) is 0 Å². The predicted molar refractivity (Wildman–Crippen MR) is 80.5 cm³/mol. The lowest BCUT2D eigenvalue weighted by molar-refractivity contribution is -0.133. The summed E-state index contributed by atoms with van der Waals surface area (Å²) < 4.78 is 0. The zero-order valence-corrected chi connectivity index (χ0v) is 13.2. The zero-order chi connectivity index (χ0) is 14.7. The van der Waals surface area contributed by atoms with Gasteiger partial charge in [0.2, 0.25) is 5.91 Å². The molecular weight excluding hydrogens is 252 g/mol. The molecule has 1 amide bonds. The number of amides is 1. The van der Waals surface area contributed by atoms with Gasteiger partial charge in [-0.3, -0.25) is 9.69 Å². The summed E-state index contributed by atoms with van der Waals surface area (Å²) in [5, 5.41) is 9.57. The molecule has 1 aliphatic carbocycles. The van der Waals surface area contributed by atoms with Crippen molar-refractivity contribution in [1.82, 2.24) is 9.80 Å². The summed E-state index contributed by atoms with van der Waals surface area (Å²) in [7, 11) is 0. The van der Waals surface area contributed by atoms with Gasteiger partial charge in [0.1, 0.15) is 0 Å². The normalized spacial score (nSPS) is 25.1. The van der Waals surface area contributed by atoms with Gasteiger partial charge < -0.3 is 10.0 Å². The van der Waals surface area contributed by atoms with E-state index in [0.29, 0.717) is 30.5 Å². The SMILES string of the molecule is CC(C)CN(C(=O)CN1CCCC1CC(C)O)C1CC1. The average molecular weight is 282 g/mol. The fourth-order valence-corrected chi connectivity index (χ4v) is 3.26. The van der Waals surface area contributed by atoms with E-state index in [4.69, 9.17) is 0 Å². The molecule has 0 radical (unpaired) electrons. The summed E-state index contributed by atoms with van der Waals surface area (Å²) in [4.78, 5) is 17.0. The second-order valence-corrected chi connectivity index (χ2v) is 7.02. The first-order valence-electron chi connectivity index (χ1n) is 8.19. The molecule has 1 saturated heterocycles. The maximum absolute atomic E-state index is 12.6. The summed E-state index contributed by atoms with van der Waals surface area (Å²) in [5.41, 5.74) is 0. The van der Waals surface area contributed by atoms with E-state index >= 15 is 0 Å². The largest absolute Gasteiger partial charge is 0.393 e. The minimum Gasteiger partial charge on any atom is -0.393 e. The third kappa shape index (κ3) is 4.45. The molecule has 20 heavy (non-hydrogen) atoms. The number of likely N-dealkylation sites (tertiary alicyclic amines) is 1. The number of aliphatic hydroxyl groups is 1. The van der Waals surface area contributed by atoms with Crippen LogP contribution in [0.4, 0.5) is 0 Å². The Morgan fingerprint density at radius 3 is 2.55 bits per heavy atom. The summed E-state index contributed by atoms with van der Waals surface area (Å²) in [5.74, 6) is 0.824. The summed E-state index contributed by atoms with van der Waals surface area (Å²) in [6.45, 7) is 8.62. The fraction of sp³-hybridized carbons (Fsp3) is 0.938. The van der Waals surface area contributed by atoms with E-state index in [0.717, 1.165) is 32.4 Å². The summed E-state index contributed by atoms with van der Waals surface area (Å²) in [6.07, 6.45) is 5.14. The number of rotatable bonds is 7. The molecule has 4 nitrogen and oxygen atoms in total. The van der Waals surface area contributed by atoms with Crippen LogP contribution in [0.5, 0.6) is 0 Å². The van der Waals surface area contributed by atoms with Crippen LogP contribution in [-0.4, -0.2) is 58.6 Å². The molecule has 2 unspecified atom stereocenters. The van der Waals surface area contributed by atoms with Gasteiger partial charge >= 0.3 is 0 Å². The third-order valence-electron chi connectivity index (χ3n) is 4.32. The van der Waals surface area contributed by atoms with E-state index in [1.54, 1.807) is 0 Å². The van der Waals surface area contributed by atoms with Crippen LogP contribution in [-0.2, 0) is 4.79 Å². The quantitative estimate of drug-likeness (QED) is 0.775. The highest BCUT2D eigenvalue weighted by Gasteiger charge is 2.35. The Labute approximate surface area is 123 Å². The Kier molecular flexibility index (Phi) is 5.44. The van der Waals surface area contributed by atoms with Crippen molar-refractivity contribution in [2.24, 2.45) is 5.92 Å². The number of nitrogens with zero attached hydrogens (tertiary/aromatic N) is 2. The number of hydrogen-bond donors (Lipinski definition) is 1. The number of aliphatic hydroxyl groups excluding tert-OH is 1. The Bertz CT molecular complexity index is 326. The van der Waals surface area contributed by atoms with Gasteiger partial charge in [0, 0.05) is 18.6 Å². The molecule has 2 atom stereocenters. The summed E-state index contributed by atoms with van der Waals surface area (Å²) >= 11 is 0. The maximum Gasteiger partial charge on any atom is 0.237 e.